The molecule has 1 aromatic rings. The molecule has 0 aromatic heterocycles. The van der Waals surface area contributed by atoms with E-state index in [1.54, 1.807) is 16.9 Å². The summed E-state index contributed by atoms with van der Waals surface area (Å²) in [5.74, 6) is -1.05. The maximum atomic E-state index is 13.9. The smallest absolute Gasteiger partial charge is 0.258 e. The maximum absolute atomic E-state index is 13.9. The van der Waals surface area contributed by atoms with Crippen LogP contribution in [0, 0.1) is 5.82 Å². The molecule has 0 saturated carbocycles. The van der Waals surface area contributed by atoms with Crippen LogP contribution in [0.1, 0.15) is 23.2 Å². The van der Waals surface area contributed by atoms with E-state index >= 15 is 0 Å². The van der Waals surface area contributed by atoms with Gasteiger partial charge < -0.3 is 14.5 Å². The second-order valence-corrected chi connectivity index (χ2v) is 5.77. The van der Waals surface area contributed by atoms with Gasteiger partial charge in [-0.25, -0.2) is 4.39 Å². The fourth-order valence-corrected chi connectivity index (χ4v) is 2.82. The van der Waals surface area contributed by atoms with Crippen LogP contribution in [-0.4, -0.2) is 61.5 Å². The van der Waals surface area contributed by atoms with Crippen molar-refractivity contribution < 1.29 is 18.7 Å². The first-order valence-electron chi connectivity index (χ1n) is 7.54. The quantitative estimate of drug-likeness (QED) is 0.842. The molecule has 1 heterocycles. The van der Waals surface area contributed by atoms with Gasteiger partial charge >= 0.3 is 0 Å². The van der Waals surface area contributed by atoms with Gasteiger partial charge in [-0.15, -0.1) is 0 Å². The molecule has 0 atom stereocenters. The fourth-order valence-electron chi connectivity index (χ4n) is 2.58. The van der Waals surface area contributed by atoms with Gasteiger partial charge in [0, 0.05) is 33.3 Å². The summed E-state index contributed by atoms with van der Waals surface area (Å²) in [5, 5.41) is 0.104. The average Bonchev–Trinajstić information content (AvgIpc) is 2.78. The predicted octanol–water partition coefficient (Wildman–Crippen LogP) is 2.19. The van der Waals surface area contributed by atoms with Crippen molar-refractivity contribution in [3.05, 3.63) is 34.6 Å². The van der Waals surface area contributed by atoms with Crippen molar-refractivity contribution in [3.8, 4) is 0 Å². The van der Waals surface area contributed by atoms with Crippen LogP contribution in [-0.2, 0) is 9.53 Å². The van der Waals surface area contributed by atoms with Crippen molar-refractivity contribution in [2.75, 3.05) is 39.9 Å². The summed E-state index contributed by atoms with van der Waals surface area (Å²) in [5.41, 5.74) is -0.103. The average molecular weight is 343 g/mol. The van der Waals surface area contributed by atoms with E-state index in [1.807, 2.05) is 0 Å². The highest BCUT2D eigenvalue weighted by molar-refractivity contribution is 6.33. The minimum Gasteiger partial charge on any atom is -0.384 e. The minimum atomic E-state index is -0.625. The van der Waals surface area contributed by atoms with Gasteiger partial charge in [0.1, 0.15) is 5.82 Å². The zero-order valence-corrected chi connectivity index (χ0v) is 13.8. The highest BCUT2D eigenvalue weighted by atomic mass is 35.5. The largest absolute Gasteiger partial charge is 0.384 e. The number of hydrogen-bond donors (Lipinski definition) is 0. The Labute approximate surface area is 140 Å². The van der Waals surface area contributed by atoms with Gasteiger partial charge in [-0.1, -0.05) is 17.7 Å². The van der Waals surface area contributed by atoms with Crippen LogP contribution in [0.4, 0.5) is 4.39 Å². The lowest BCUT2D eigenvalue weighted by Crippen LogP contribution is -2.38. The molecule has 0 radical (unpaired) electrons. The monoisotopic (exact) mass is 342 g/mol. The van der Waals surface area contributed by atoms with Crippen LogP contribution in [0.25, 0.3) is 0 Å². The van der Waals surface area contributed by atoms with Crippen molar-refractivity contribution in [2.45, 2.75) is 12.8 Å². The van der Waals surface area contributed by atoms with Gasteiger partial charge in [0.2, 0.25) is 5.91 Å². The number of halogens is 2. The van der Waals surface area contributed by atoms with Gasteiger partial charge in [0.15, 0.2) is 0 Å². The molecule has 5 nitrogen and oxygen atoms in total. The number of carbonyl (C=O) groups is 2. The number of carbonyl (C=O) groups excluding carboxylic acids is 2. The molecule has 7 heteroatoms. The van der Waals surface area contributed by atoms with E-state index in [0.29, 0.717) is 45.6 Å². The molecule has 1 aromatic carbocycles. The molecule has 2 rings (SSSR count). The summed E-state index contributed by atoms with van der Waals surface area (Å²) in [7, 11) is 1.55. The molecule has 23 heavy (non-hydrogen) atoms. The Kier molecular flexibility index (Phi) is 6.36. The fraction of sp³-hybridized carbons (Fsp3) is 0.500. The first-order valence-corrected chi connectivity index (χ1v) is 7.92. The standard InChI is InChI=1S/C16H20ClFN2O3/c1-23-11-6-14(21)19-7-3-8-20(10-9-19)16(22)15-12(17)4-2-5-13(15)18/h2,4-5H,3,6-11H2,1H3. The zero-order valence-electron chi connectivity index (χ0n) is 13.1. The number of nitrogens with zero attached hydrogens (tertiary/aromatic N) is 2. The number of hydrogen-bond acceptors (Lipinski definition) is 3. The number of ether oxygens (including phenoxy) is 1. The highest BCUT2D eigenvalue weighted by Crippen LogP contribution is 2.21. The summed E-state index contributed by atoms with van der Waals surface area (Å²) in [6.45, 7) is 2.22. The first kappa shape index (κ1) is 17.7. The third kappa shape index (κ3) is 4.42. The third-order valence-electron chi connectivity index (χ3n) is 3.83. The van der Waals surface area contributed by atoms with E-state index in [-0.39, 0.29) is 16.5 Å². The third-order valence-corrected chi connectivity index (χ3v) is 4.15. The van der Waals surface area contributed by atoms with Gasteiger partial charge in [-0.2, -0.15) is 0 Å². The van der Waals surface area contributed by atoms with E-state index in [0.717, 1.165) is 0 Å². The van der Waals surface area contributed by atoms with E-state index < -0.39 is 11.7 Å². The van der Waals surface area contributed by atoms with Gasteiger partial charge in [0.25, 0.3) is 5.91 Å². The molecule has 1 aliphatic heterocycles. The van der Waals surface area contributed by atoms with E-state index in [1.165, 1.54) is 18.2 Å². The molecule has 1 aliphatic rings. The van der Waals surface area contributed by atoms with Crippen molar-refractivity contribution in [2.24, 2.45) is 0 Å². The van der Waals surface area contributed by atoms with Crippen LogP contribution in [0.2, 0.25) is 5.02 Å². The molecule has 0 unspecified atom stereocenters. The molecule has 0 N–H and O–H groups in total. The van der Waals surface area contributed by atoms with Crippen LogP contribution in [0.15, 0.2) is 18.2 Å². The van der Waals surface area contributed by atoms with Crippen LogP contribution >= 0.6 is 11.6 Å². The SMILES string of the molecule is COCCC(=O)N1CCCN(C(=O)c2c(F)cccc2Cl)CC1. The van der Waals surface area contributed by atoms with Crippen LogP contribution in [0.5, 0.6) is 0 Å². The molecule has 2 amide bonds. The Balaban J connectivity index is 2.03. The van der Waals surface area contributed by atoms with Crippen LogP contribution in [0.3, 0.4) is 0 Å². The lowest BCUT2D eigenvalue weighted by molar-refractivity contribution is -0.132. The highest BCUT2D eigenvalue weighted by Gasteiger charge is 2.25. The maximum Gasteiger partial charge on any atom is 0.258 e. The second-order valence-electron chi connectivity index (χ2n) is 5.37. The minimum absolute atomic E-state index is 0.00470. The molecule has 126 valence electrons. The number of rotatable bonds is 4. The molecule has 1 saturated heterocycles. The molecular formula is C16H20ClFN2O3. The van der Waals surface area contributed by atoms with Gasteiger partial charge in [-0.05, 0) is 18.6 Å². The number of benzene rings is 1. The summed E-state index contributed by atoms with van der Waals surface area (Å²) in [6.07, 6.45) is 0.972. The van der Waals surface area contributed by atoms with E-state index in [4.69, 9.17) is 16.3 Å². The summed E-state index contributed by atoms with van der Waals surface area (Å²) in [6, 6.07) is 4.18. The topological polar surface area (TPSA) is 49.9 Å². The normalized spacial score (nSPS) is 15.4. The van der Waals surface area contributed by atoms with E-state index in [2.05, 4.69) is 0 Å². The Morgan fingerprint density at radius 1 is 1.22 bits per heavy atom. The zero-order chi connectivity index (χ0) is 16.8. The Morgan fingerprint density at radius 3 is 2.61 bits per heavy atom. The number of amides is 2. The van der Waals surface area contributed by atoms with E-state index in [9.17, 15) is 14.0 Å². The van der Waals surface area contributed by atoms with Crippen molar-refractivity contribution in [1.82, 2.24) is 9.80 Å². The van der Waals surface area contributed by atoms with Gasteiger partial charge in [-0.3, -0.25) is 9.59 Å². The molecule has 0 bridgehead atoms. The Bertz CT molecular complexity index is 562. The summed E-state index contributed by atoms with van der Waals surface area (Å²) < 4.78 is 18.8. The molecular weight excluding hydrogens is 323 g/mol. The Morgan fingerprint density at radius 2 is 1.91 bits per heavy atom. The van der Waals surface area contributed by atoms with Gasteiger partial charge in [0.05, 0.1) is 23.6 Å². The summed E-state index contributed by atoms with van der Waals surface area (Å²) >= 11 is 5.95. The van der Waals surface area contributed by atoms with Crippen LogP contribution < -0.4 is 0 Å². The lowest BCUT2D eigenvalue weighted by atomic mass is 10.1. The number of methoxy groups -OCH3 is 1. The molecule has 0 aliphatic carbocycles. The van der Waals surface area contributed by atoms with Crippen molar-refractivity contribution in [1.29, 1.82) is 0 Å². The summed E-state index contributed by atoms with van der Waals surface area (Å²) in [4.78, 5) is 27.8. The molecule has 0 spiro atoms. The lowest BCUT2D eigenvalue weighted by Gasteiger charge is -2.22. The Hall–Kier alpha value is -1.66. The predicted molar refractivity (Wildman–Crippen MR) is 85.0 cm³/mol. The van der Waals surface area contributed by atoms with Crippen molar-refractivity contribution in [3.63, 3.8) is 0 Å². The molecule has 1 fully saturated rings. The second kappa shape index (κ2) is 8.26. The first-order chi connectivity index (χ1) is 11.0. The van der Waals surface area contributed by atoms with Crippen molar-refractivity contribution >= 4 is 23.4 Å².